The fourth-order valence-electron chi connectivity index (χ4n) is 1.71. The average molecular weight is 281 g/mol. The van der Waals surface area contributed by atoms with Gasteiger partial charge in [-0.3, -0.25) is 4.79 Å². The van der Waals surface area contributed by atoms with Gasteiger partial charge in [-0.2, -0.15) is 13.2 Å². The quantitative estimate of drug-likeness (QED) is 0.806. The Morgan fingerprint density at radius 2 is 1.90 bits per heavy atom. The molecule has 0 aliphatic carbocycles. The van der Waals surface area contributed by atoms with E-state index >= 15 is 0 Å². The van der Waals surface area contributed by atoms with Gasteiger partial charge in [-0.1, -0.05) is 12.1 Å². The molecule has 1 aromatic carbocycles. The van der Waals surface area contributed by atoms with Crippen molar-refractivity contribution in [3.05, 3.63) is 41.6 Å². The van der Waals surface area contributed by atoms with Crippen LogP contribution in [0.15, 0.2) is 30.3 Å². The van der Waals surface area contributed by atoms with E-state index < -0.39 is 17.8 Å². The van der Waals surface area contributed by atoms with Crippen LogP contribution in [-0.2, 0) is 6.18 Å². The summed E-state index contributed by atoms with van der Waals surface area (Å²) in [6.45, 7) is 0. The highest BCUT2D eigenvalue weighted by atomic mass is 19.4. The number of halogens is 3. The third kappa shape index (κ3) is 2.04. The molecule has 1 amide bonds. The van der Waals surface area contributed by atoms with Gasteiger partial charge < -0.3 is 10.1 Å². The lowest BCUT2D eigenvalue weighted by Gasteiger charge is -2.08. The number of nitrogens with one attached hydrogen (secondary N) is 1. The zero-order valence-corrected chi connectivity index (χ0v) is 9.73. The lowest BCUT2D eigenvalue weighted by atomic mass is 10.2. The Balaban J connectivity index is 2.11. The van der Waals surface area contributed by atoms with E-state index in [0.717, 1.165) is 0 Å². The Bertz CT molecular complexity index is 701. The van der Waals surface area contributed by atoms with Gasteiger partial charge in [-0.05, 0) is 18.2 Å². The van der Waals surface area contributed by atoms with Crippen LogP contribution in [-0.4, -0.2) is 16.1 Å². The van der Waals surface area contributed by atoms with E-state index in [1.807, 2.05) is 0 Å². The zero-order valence-electron chi connectivity index (χ0n) is 9.73. The molecular formula is C12H6F3N3O2. The van der Waals surface area contributed by atoms with Crippen molar-refractivity contribution < 1.29 is 22.7 Å². The Morgan fingerprint density at radius 3 is 2.65 bits per heavy atom. The van der Waals surface area contributed by atoms with Crippen LogP contribution in [0.3, 0.4) is 0 Å². The normalized spacial score (nSPS) is 13.7. The first-order valence-electron chi connectivity index (χ1n) is 5.48. The summed E-state index contributed by atoms with van der Waals surface area (Å²) in [5.41, 5.74) is -1.21. The Hall–Kier alpha value is -2.64. The van der Waals surface area contributed by atoms with E-state index in [0.29, 0.717) is 11.8 Å². The number of nitrogens with zero attached hydrogens (tertiary/aromatic N) is 2. The van der Waals surface area contributed by atoms with Gasteiger partial charge in [0, 0.05) is 0 Å². The Morgan fingerprint density at radius 1 is 1.15 bits per heavy atom. The maximum atomic E-state index is 12.6. The number of para-hydroxylation sites is 2. The highest BCUT2D eigenvalue weighted by Crippen LogP contribution is 2.35. The zero-order chi connectivity index (χ0) is 14.3. The maximum Gasteiger partial charge on any atom is 0.435 e. The van der Waals surface area contributed by atoms with E-state index in [9.17, 15) is 18.0 Å². The molecule has 0 radical (unpaired) electrons. The summed E-state index contributed by atoms with van der Waals surface area (Å²) >= 11 is 0. The number of anilines is 1. The predicted octanol–water partition coefficient (Wildman–Crippen LogP) is 2.85. The standard InChI is InChI=1S/C12H6F3N3O2/c13-12(14,15)9-5-6-10(19)16-7-3-1-2-4-8(7)20-11(6)18-17-9/h1-5H,(H,16,19). The molecule has 1 aromatic heterocycles. The summed E-state index contributed by atoms with van der Waals surface area (Å²) in [5.74, 6) is -0.709. The van der Waals surface area contributed by atoms with Gasteiger partial charge in [0.25, 0.3) is 11.8 Å². The van der Waals surface area contributed by atoms with Crippen LogP contribution >= 0.6 is 0 Å². The molecule has 3 rings (SSSR count). The van der Waals surface area contributed by atoms with Gasteiger partial charge >= 0.3 is 6.18 Å². The first kappa shape index (κ1) is 12.4. The molecular weight excluding hydrogens is 275 g/mol. The first-order valence-corrected chi connectivity index (χ1v) is 5.48. The van der Waals surface area contributed by atoms with Crippen molar-refractivity contribution in [1.82, 2.24) is 10.2 Å². The number of fused-ring (bicyclic) bond motifs is 2. The lowest BCUT2D eigenvalue weighted by Crippen LogP contribution is -2.15. The lowest BCUT2D eigenvalue weighted by molar-refractivity contribution is -0.141. The summed E-state index contributed by atoms with van der Waals surface area (Å²) in [6, 6.07) is 7.06. The molecule has 20 heavy (non-hydrogen) atoms. The highest BCUT2D eigenvalue weighted by molar-refractivity contribution is 6.07. The second-order valence-corrected chi connectivity index (χ2v) is 4.00. The predicted molar refractivity (Wildman–Crippen MR) is 61.5 cm³/mol. The van der Waals surface area contributed by atoms with Gasteiger partial charge in [-0.25, -0.2) is 0 Å². The number of hydrogen-bond acceptors (Lipinski definition) is 4. The van der Waals surface area contributed by atoms with Crippen LogP contribution in [0, 0.1) is 0 Å². The van der Waals surface area contributed by atoms with Crippen molar-refractivity contribution in [2.24, 2.45) is 0 Å². The smallest absolute Gasteiger partial charge is 0.435 e. The van der Waals surface area contributed by atoms with Crippen LogP contribution in [0.2, 0.25) is 0 Å². The van der Waals surface area contributed by atoms with Crippen LogP contribution in [0.5, 0.6) is 11.6 Å². The van der Waals surface area contributed by atoms with E-state index in [2.05, 4.69) is 15.5 Å². The molecule has 0 unspecified atom stereocenters. The Kier molecular flexibility index (Phi) is 2.60. The monoisotopic (exact) mass is 281 g/mol. The largest absolute Gasteiger partial charge is 0.435 e. The maximum absolute atomic E-state index is 12.6. The molecule has 1 N–H and O–H groups in total. The summed E-state index contributed by atoms with van der Waals surface area (Å²) in [7, 11) is 0. The van der Waals surface area contributed by atoms with Gasteiger partial charge in [0.15, 0.2) is 11.4 Å². The molecule has 0 spiro atoms. The summed E-state index contributed by atoms with van der Waals surface area (Å²) < 4.78 is 43.0. The van der Waals surface area contributed by atoms with E-state index in [-0.39, 0.29) is 17.2 Å². The fraction of sp³-hybridized carbons (Fsp3) is 0.0833. The van der Waals surface area contributed by atoms with Crippen molar-refractivity contribution in [3.8, 4) is 11.6 Å². The van der Waals surface area contributed by atoms with Gasteiger partial charge in [-0.15, -0.1) is 10.2 Å². The number of carbonyl (C=O) groups excluding carboxylic acids is 1. The third-order valence-corrected chi connectivity index (χ3v) is 2.64. The molecule has 2 aromatic rings. The number of alkyl halides is 3. The highest BCUT2D eigenvalue weighted by Gasteiger charge is 2.35. The van der Waals surface area contributed by atoms with Gasteiger partial charge in [0.2, 0.25) is 0 Å². The van der Waals surface area contributed by atoms with Crippen molar-refractivity contribution in [2.45, 2.75) is 6.18 Å². The van der Waals surface area contributed by atoms with E-state index in [1.54, 1.807) is 24.3 Å². The number of benzene rings is 1. The van der Waals surface area contributed by atoms with Crippen LogP contribution in [0.25, 0.3) is 0 Å². The summed E-state index contributed by atoms with van der Waals surface area (Å²) in [4.78, 5) is 11.9. The third-order valence-electron chi connectivity index (χ3n) is 2.64. The number of amides is 1. The second kappa shape index (κ2) is 4.19. The number of aromatic nitrogens is 2. The number of ether oxygens (including phenoxy) is 1. The summed E-state index contributed by atoms with van der Waals surface area (Å²) in [5, 5.41) is 8.83. The molecule has 1 aliphatic rings. The molecule has 2 heterocycles. The van der Waals surface area contributed by atoms with Gasteiger partial charge in [0.05, 0.1) is 5.69 Å². The minimum absolute atomic E-state index is 0.263. The molecule has 8 heteroatoms. The van der Waals surface area contributed by atoms with Gasteiger partial charge in [0.1, 0.15) is 5.56 Å². The van der Waals surface area contributed by atoms with E-state index in [4.69, 9.17) is 4.74 Å². The topological polar surface area (TPSA) is 64.1 Å². The number of carbonyl (C=O) groups is 1. The van der Waals surface area contributed by atoms with Crippen LogP contribution in [0.4, 0.5) is 18.9 Å². The molecule has 5 nitrogen and oxygen atoms in total. The average Bonchev–Trinajstić information content (AvgIpc) is 2.53. The van der Waals surface area contributed by atoms with Crippen molar-refractivity contribution >= 4 is 11.6 Å². The van der Waals surface area contributed by atoms with Crippen LogP contribution < -0.4 is 10.1 Å². The molecule has 0 fully saturated rings. The SMILES string of the molecule is O=C1Nc2ccccc2Oc2nnc(C(F)(F)F)cc21. The molecule has 102 valence electrons. The first-order chi connectivity index (χ1) is 9.45. The number of rotatable bonds is 0. The number of hydrogen-bond donors (Lipinski definition) is 1. The minimum atomic E-state index is -4.68. The summed E-state index contributed by atoms with van der Waals surface area (Å²) in [6.07, 6.45) is -4.68. The molecule has 0 bridgehead atoms. The van der Waals surface area contributed by atoms with Crippen molar-refractivity contribution in [2.75, 3.05) is 5.32 Å². The fourth-order valence-corrected chi connectivity index (χ4v) is 1.71. The molecule has 0 atom stereocenters. The van der Waals surface area contributed by atoms with Crippen molar-refractivity contribution in [3.63, 3.8) is 0 Å². The Labute approximate surface area is 110 Å². The molecule has 0 saturated heterocycles. The van der Waals surface area contributed by atoms with Crippen molar-refractivity contribution in [1.29, 1.82) is 0 Å². The minimum Gasteiger partial charge on any atom is -0.435 e. The second-order valence-electron chi connectivity index (χ2n) is 4.00. The van der Waals surface area contributed by atoms with E-state index in [1.165, 1.54) is 0 Å². The molecule has 1 aliphatic heterocycles. The molecule has 0 saturated carbocycles. The van der Waals surface area contributed by atoms with Crippen LogP contribution in [0.1, 0.15) is 16.1 Å².